The van der Waals surface area contributed by atoms with Crippen LogP contribution in [-0.4, -0.2) is 46.9 Å². The first-order valence-electron chi connectivity index (χ1n) is 24.4. The molecule has 59 heavy (non-hydrogen) atoms. The Kier molecular flexibility index (Phi) is 43.8. The fraction of sp³-hybridized carbons (Fsp3) is 0.698. The molecule has 3 atom stereocenters. The van der Waals surface area contributed by atoms with Gasteiger partial charge in [-0.05, 0) is 70.6 Å². The third-order valence-corrected chi connectivity index (χ3v) is 10.6. The Hall–Kier alpha value is -2.96. The minimum absolute atomic E-state index is 0.0463. The maximum absolute atomic E-state index is 13.2. The summed E-state index contributed by atoms with van der Waals surface area (Å²) in [5, 5.41) is 23.7. The van der Waals surface area contributed by atoms with Gasteiger partial charge in [-0.1, -0.05) is 215 Å². The SMILES string of the molecule is CC/C=C/C=C/C=C\C=C/C=C/CCCCCC(=O)OC(CCCCCCC/C=C/C/C=C/CC)CC(=O)NC(CO)C(O)CCCCCCCCCCCCCCC. The average molecular weight is 822 g/mol. The minimum atomic E-state index is -0.802. The standard InChI is InChI=1S/C53H91NO5/c1-4-7-10-13-16-19-22-25-26-28-31-34-37-40-43-46-53(58)59-49(44-41-38-35-32-29-24-21-18-15-12-9-6-3)47-52(57)54-50(48-55)51(56)45-42-39-36-33-30-27-23-20-17-14-11-8-5-2/h7,9-10,12-13,16,18-19,21-22,25-26,28,31,49-51,55-56H,4-6,8,11,14-15,17,20,23-24,27,29-30,32-48H2,1-3H3,(H,54,57)/b10-7+,12-9+,16-13+,21-18+,22-19-,26-25-,31-28+. The lowest BCUT2D eigenvalue weighted by molar-refractivity contribution is -0.151. The molecule has 3 N–H and O–H groups in total. The highest BCUT2D eigenvalue weighted by Crippen LogP contribution is 2.17. The van der Waals surface area contributed by atoms with Crippen LogP contribution >= 0.6 is 0 Å². The second kappa shape index (κ2) is 46.1. The Morgan fingerprint density at radius 2 is 1.00 bits per heavy atom. The molecule has 0 aromatic rings. The van der Waals surface area contributed by atoms with Crippen molar-refractivity contribution in [3.8, 4) is 0 Å². The Balaban J connectivity index is 4.68. The molecule has 0 rings (SSSR count). The number of nitrogens with one attached hydrogen (secondary N) is 1. The van der Waals surface area contributed by atoms with Gasteiger partial charge in [0.25, 0.3) is 0 Å². The first-order valence-corrected chi connectivity index (χ1v) is 24.4. The van der Waals surface area contributed by atoms with Crippen LogP contribution in [0.3, 0.4) is 0 Å². The van der Waals surface area contributed by atoms with Gasteiger partial charge in [-0.2, -0.15) is 0 Å². The van der Waals surface area contributed by atoms with Crippen molar-refractivity contribution in [2.45, 2.75) is 232 Å². The largest absolute Gasteiger partial charge is 0.462 e. The Bertz CT molecular complexity index is 1150. The molecule has 6 heteroatoms. The predicted molar refractivity (Wildman–Crippen MR) is 254 cm³/mol. The third-order valence-electron chi connectivity index (χ3n) is 10.6. The van der Waals surface area contributed by atoms with Crippen molar-refractivity contribution in [3.63, 3.8) is 0 Å². The molecule has 338 valence electrons. The number of rotatable bonds is 42. The van der Waals surface area contributed by atoms with Crippen molar-refractivity contribution in [1.29, 1.82) is 0 Å². The number of allylic oxidation sites excluding steroid dienone is 14. The average Bonchev–Trinajstić information content (AvgIpc) is 3.23. The van der Waals surface area contributed by atoms with Gasteiger partial charge in [-0.15, -0.1) is 0 Å². The van der Waals surface area contributed by atoms with Crippen molar-refractivity contribution in [3.05, 3.63) is 85.1 Å². The highest BCUT2D eigenvalue weighted by Gasteiger charge is 2.24. The van der Waals surface area contributed by atoms with Gasteiger partial charge in [-0.25, -0.2) is 0 Å². The lowest BCUT2D eigenvalue weighted by Gasteiger charge is -2.24. The first-order chi connectivity index (χ1) is 29.0. The monoisotopic (exact) mass is 822 g/mol. The summed E-state index contributed by atoms with van der Waals surface area (Å²) in [6.07, 6.45) is 59.2. The van der Waals surface area contributed by atoms with Gasteiger partial charge < -0.3 is 20.3 Å². The molecule has 0 aromatic heterocycles. The van der Waals surface area contributed by atoms with Crippen LogP contribution in [0.2, 0.25) is 0 Å². The molecule has 0 fully saturated rings. The predicted octanol–water partition coefficient (Wildman–Crippen LogP) is 14.4. The molecule has 0 bridgehead atoms. The number of aliphatic hydroxyl groups excluding tert-OH is 2. The number of esters is 1. The van der Waals surface area contributed by atoms with Crippen LogP contribution in [0.5, 0.6) is 0 Å². The molecule has 0 aliphatic carbocycles. The van der Waals surface area contributed by atoms with Gasteiger partial charge >= 0.3 is 5.97 Å². The third kappa shape index (κ3) is 41.6. The van der Waals surface area contributed by atoms with Crippen LogP contribution in [0.4, 0.5) is 0 Å². The van der Waals surface area contributed by atoms with Crippen LogP contribution < -0.4 is 5.32 Å². The number of hydrogen-bond donors (Lipinski definition) is 3. The van der Waals surface area contributed by atoms with E-state index in [1.807, 2.05) is 42.5 Å². The highest BCUT2D eigenvalue weighted by molar-refractivity contribution is 5.77. The molecule has 0 aliphatic heterocycles. The second-order valence-electron chi connectivity index (χ2n) is 16.2. The van der Waals surface area contributed by atoms with E-state index in [0.29, 0.717) is 19.3 Å². The van der Waals surface area contributed by atoms with Gasteiger partial charge in [0, 0.05) is 6.42 Å². The summed E-state index contributed by atoms with van der Waals surface area (Å²) < 4.78 is 5.89. The Morgan fingerprint density at radius 3 is 1.58 bits per heavy atom. The first kappa shape index (κ1) is 56.0. The van der Waals surface area contributed by atoms with Gasteiger partial charge in [0.2, 0.25) is 5.91 Å². The Morgan fingerprint density at radius 1 is 0.525 bits per heavy atom. The van der Waals surface area contributed by atoms with Crippen molar-refractivity contribution >= 4 is 11.9 Å². The van der Waals surface area contributed by atoms with Crippen LogP contribution in [0.1, 0.15) is 213 Å². The molecular formula is C53H91NO5. The summed E-state index contributed by atoms with van der Waals surface area (Å²) in [6, 6.07) is -0.718. The summed E-state index contributed by atoms with van der Waals surface area (Å²) in [5.74, 6) is -0.544. The summed E-state index contributed by atoms with van der Waals surface area (Å²) >= 11 is 0. The number of hydrogen-bond acceptors (Lipinski definition) is 5. The lowest BCUT2D eigenvalue weighted by atomic mass is 10.0. The van der Waals surface area contributed by atoms with Crippen LogP contribution in [0.25, 0.3) is 0 Å². The van der Waals surface area contributed by atoms with Crippen LogP contribution in [0.15, 0.2) is 85.1 Å². The van der Waals surface area contributed by atoms with Crippen molar-refractivity contribution in [2.75, 3.05) is 6.61 Å². The summed E-state index contributed by atoms with van der Waals surface area (Å²) in [6.45, 7) is 6.21. The normalized spacial score (nSPS) is 14.1. The van der Waals surface area contributed by atoms with E-state index in [2.05, 4.69) is 68.6 Å². The van der Waals surface area contributed by atoms with Crippen LogP contribution in [-0.2, 0) is 14.3 Å². The van der Waals surface area contributed by atoms with Gasteiger partial charge in [-0.3, -0.25) is 9.59 Å². The summed E-state index contributed by atoms with van der Waals surface area (Å²) in [5.41, 5.74) is 0. The van der Waals surface area contributed by atoms with Crippen LogP contribution in [0, 0.1) is 0 Å². The molecule has 3 unspecified atom stereocenters. The van der Waals surface area contributed by atoms with E-state index in [4.69, 9.17) is 4.74 Å². The number of amides is 1. The summed E-state index contributed by atoms with van der Waals surface area (Å²) in [7, 11) is 0. The Labute approximate surface area is 363 Å². The number of carbonyl (C=O) groups is 2. The fourth-order valence-corrected chi connectivity index (χ4v) is 6.96. The maximum atomic E-state index is 13.2. The van der Waals surface area contributed by atoms with E-state index in [1.165, 1.54) is 64.2 Å². The van der Waals surface area contributed by atoms with E-state index in [0.717, 1.165) is 103 Å². The lowest BCUT2D eigenvalue weighted by Crippen LogP contribution is -2.46. The molecule has 1 amide bonds. The van der Waals surface area contributed by atoms with E-state index in [1.54, 1.807) is 0 Å². The van der Waals surface area contributed by atoms with E-state index in [-0.39, 0.29) is 24.9 Å². The second-order valence-corrected chi connectivity index (χ2v) is 16.2. The molecule has 0 aromatic carbocycles. The minimum Gasteiger partial charge on any atom is -0.462 e. The quantitative estimate of drug-likeness (QED) is 0.0247. The van der Waals surface area contributed by atoms with E-state index < -0.39 is 18.2 Å². The van der Waals surface area contributed by atoms with Gasteiger partial charge in [0.05, 0.1) is 25.2 Å². The zero-order chi connectivity index (χ0) is 43.1. The summed E-state index contributed by atoms with van der Waals surface area (Å²) in [4.78, 5) is 26.1. The molecule has 0 heterocycles. The zero-order valence-electron chi connectivity index (χ0n) is 38.4. The molecule has 0 saturated heterocycles. The molecule has 6 nitrogen and oxygen atoms in total. The van der Waals surface area contributed by atoms with Crippen molar-refractivity contribution in [1.82, 2.24) is 5.32 Å². The smallest absolute Gasteiger partial charge is 0.306 e. The maximum Gasteiger partial charge on any atom is 0.306 e. The molecule has 0 aliphatic rings. The molecular weight excluding hydrogens is 731 g/mol. The molecule has 0 spiro atoms. The van der Waals surface area contributed by atoms with E-state index >= 15 is 0 Å². The molecule has 0 saturated carbocycles. The topological polar surface area (TPSA) is 95.9 Å². The van der Waals surface area contributed by atoms with E-state index in [9.17, 15) is 19.8 Å². The van der Waals surface area contributed by atoms with Crippen molar-refractivity contribution < 1.29 is 24.5 Å². The molecule has 0 radical (unpaired) electrons. The fourth-order valence-electron chi connectivity index (χ4n) is 6.96. The van der Waals surface area contributed by atoms with Crippen molar-refractivity contribution in [2.24, 2.45) is 0 Å². The number of ether oxygens (including phenoxy) is 1. The number of unbranched alkanes of at least 4 members (excludes halogenated alkanes) is 20. The zero-order valence-corrected chi connectivity index (χ0v) is 38.4. The van der Waals surface area contributed by atoms with Gasteiger partial charge in [0.15, 0.2) is 0 Å². The highest BCUT2D eigenvalue weighted by atomic mass is 16.5. The number of carbonyl (C=O) groups excluding carboxylic acids is 2. The number of aliphatic hydroxyl groups is 2. The van der Waals surface area contributed by atoms with Gasteiger partial charge in [0.1, 0.15) is 6.10 Å².